The third kappa shape index (κ3) is 4.54. The Labute approximate surface area is 321 Å². The monoisotopic (exact) mass is 716 g/mol. The minimum atomic E-state index is 1.16. The number of thiophene rings is 1. The molecule has 0 N–H and O–H groups in total. The fourth-order valence-electron chi connectivity index (χ4n) is 9.02. The van der Waals surface area contributed by atoms with Gasteiger partial charge in [-0.2, -0.15) is 0 Å². The van der Waals surface area contributed by atoms with Crippen LogP contribution in [-0.2, 0) is 0 Å². The van der Waals surface area contributed by atoms with Crippen LogP contribution in [0.15, 0.2) is 194 Å². The molecule has 0 fully saturated rings. The topological polar surface area (TPSA) is 9.86 Å². The lowest BCUT2D eigenvalue weighted by Gasteiger charge is -2.10. The third-order valence-corrected chi connectivity index (χ3v) is 12.7. The average Bonchev–Trinajstić information content (AvgIpc) is 3.90. The summed E-state index contributed by atoms with van der Waals surface area (Å²) >= 11 is 1.89. The van der Waals surface area contributed by atoms with Crippen molar-refractivity contribution in [2.75, 3.05) is 0 Å². The average molecular weight is 717 g/mol. The Morgan fingerprint density at radius 2 is 0.982 bits per heavy atom. The van der Waals surface area contributed by atoms with Crippen molar-refractivity contribution in [3.63, 3.8) is 0 Å². The quantitative estimate of drug-likeness (QED) is 0.172. The first-order valence-corrected chi connectivity index (χ1v) is 19.7. The maximum atomic E-state index is 2.50. The molecule has 0 atom stereocenters. The van der Waals surface area contributed by atoms with E-state index in [1.54, 1.807) is 0 Å². The molecule has 2 nitrogen and oxygen atoms in total. The van der Waals surface area contributed by atoms with Crippen LogP contribution in [0.2, 0.25) is 0 Å². The van der Waals surface area contributed by atoms with Gasteiger partial charge in [0.05, 0.1) is 32.5 Å². The molecule has 12 rings (SSSR count). The predicted molar refractivity (Wildman–Crippen MR) is 236 cm³/mol. The number of para-hydroxylation sites is 1. The number of benzene rings is 9. The van der Waals surface area contributed by atoms with Gasteiger partial charge in [0.25, 0.3) is 0 Å². The summed E-state index contributed by atoms with van der Waals surface area (Å²) in [7, 11) is 0. The van der Waals surface area contributed by atoms with Gasteiger partial charge in [0.15, 0.2) is 0 Å². The van der Waals surface area contributed by atoms with E-state index in [2.05, 4.69) is 203 Å². The van der Waals surface area contributed by atoms with Crippen LogP contribution in [-0.4, -0.2) is 9.13 Å². The van der Waals surface area contributed by atoms with Gasteiger partial charge in [-0.15, -0.1) is 11.3 Å². The van der Waals surface area contributed by atoms with Crippen LogP contribution in [0.1, 0.15) is 0 Å². The normalized spacial score (nSPS) is 12.0. The molecule has 0 spiro atoms. The van der Waals surface area contributed by atoms with Gasteiger partial charge in [-0.05, 0) is 99.8 Å². The van der Waals surface area contributed by atoms with Crippen molar-refractivity contribution in [3.05, 3.63) is 194 Å². The molecule has 0 radical (unpaired) electrons. The number of hydrogen-bond donors (Lipinski definition) is 0. The highest BCUT2D eigenvalue weighted by Gasteiger charge is 2.20. The SMILES string of the molecule is c1ccc(-c2cccc3c2c2cc(-c4ccc5c(c4)c4cc6ccccc6cc4n5-c4cccc5c4sc4ccccc45)ccc2n3-c2ccccc2)cc1. The molecule has 3 aromatic heterocycles. The van der Waals surface area contributed by atoms with Crippen molar-refractivity contribution in [3.8, 4) is 33.6 Å². The summed E-state index contributed by atoms with van der Waals surface area (Å²) in [6.45, 7) is 0. The molecule has 3 heterocycles. The number of rotatable bonds is 4. The van der Waals surface area contributed by atoms with E-state index in [4.69, 9.17) is 0 Å². The van der Waals surface area contributed by atoms with Crippen LogP contribution in [0.25, 0.3) is 108 Å². The van der Waals surface area contributed by atoms with Gasteiger partial charge < -0.3 is 9.13 Å². The van der Waals surface area contributed by atoms with Gasteiger partial charge >= 0.3 is 0 Å². The van der Waals surface area contributed by atoms with Gasteiger partial charge in [-0.1, -0.05) is 127 Å². The molecule has 12 aromatic rings. The molecular formula is C52H32N2S. The molecule has 0 saturated carbocycles. The van der Waals surface area contributed by atoms with E-state index in [-0.39, 0.29) is 0 Å². The zero-order valence-electron chi connectivity index (χ0n) is 29.8. The highest BCUT2D eigenvalue weighted by atomic mass is 32.1. The molecule has 3 heteroatoms. The van der Waals surface area contributed by atoms with Crippen LogP contribution in [0.5, 0.6) is 0 Å². The van der Waals surface area contributed by atoms with E-state index in [0.29, 0.717) is 0 Å². The minimum absolute atomic E-state index is 1.16. The Kier molecular flexibility index (Phi) is 6.54. The molecule has 55 heavy (non-hydrogen) atoms. The van der Waals surface area contributed by atoms with Crippen molar-refractivity contribution in [2.24, 2.45) is 0 Å². The minimum Gasteiger partial charge on any atom is -0.309 e. The van der Waals surface area contributed by atoms with Gasteiger partial charge in [-0.25, -0.2) is 0 Å². The van der Waals surface area contributed by atoms with Crippen LogP contribution in [0.3, 0.4) is 0 Å². The van der Waals surface area contributed by atoms with Crippen LogP contribution >= 0.6 is 11.3 Å². The first-order valence-electron chi connectivity index (χ1n) is 18.8. The first-order chi connectivity index (χ1) is 27.3. The molecular weight excluding hydrogens is 685 g/mol. The molecule has 0 aliphatic carbocycles. The van der Waals surface area contributed by atoms with E-state index in [0.717, 1.165) is 5.69 Å². The Morgan fingerprint density at radius 1 is 0.345 bits per heavy atom. The molecule has 0 aliphatic rings. The zero-order chi connectivity index (χ0) is 36.0. The molecule has 0 amide bonds. The molecule has 0 aliphatic heterocycles. The fraction of sp³-hybridized carbons (Fsp3) is 0. The molecule has 0 bridgehead atoms. The van der Waals surface area contributed by atoms with Crippen LogP contribution < -0.4 is 0 Å². The maximum absolute atomic E-state index is 2.50. The Morgan fingerprint density at radius 3 is 1.80 bits per heavy atom. The maximum Gasteiger partial charge on any atom is 0.0640 e. The molecule has 9 aromatic carbocycles. The molecule has 0 saturated heterocycles. The van der Waals surface area contributed by atoms with Crippen molar-refractivity contribution in [2.45, 2.75) is 0 Å². The van der Waals surface area contributed by atoms with Crippen molar-refractivity contribution in [1.29, 1.82) is 0 Å². The first kappa shape index (κ1) is 30.5. The lowest BCUT2D eigenvalue weighted by Crippen LogP contribution is -1.94. The summed E-state index contributed by atoms with van der Waals surface area (Å²) in [6, 6.07) is 71.4. The van der Waals surface area contributed by atoms with Crippen LogP contribution in [0, 0.1) is 0 Å². The summed E-state index contributed by atoms with van der Waals surface area (Å²) in [5.74, 6) is 0. The van der Waals surface area contributed by atoms with Crippen molar-refractivity contribution in [1.82, 2.24) is 9.13 Å². The second-order valence-electron chi connectivity index (χ2n) is 14.5. The van der Waals surface area contributed by atoms with E-state index < -0.39 is 0 Å². The predicted octanol–water partition coefficient (Wildman–Crippen LogP) is 14.7. The number of hydrogen-bond acceptors (Lipinski definition) is 1. The van der Waals surface area contributed by atoms with Crippen molar-refractivity contribution < 1.29 is 0 Å². The van der Waals surface area contributed by atoms with Gasteiger partial charge in [0.2, 0.25) is 0 Å². The summed E-state index contributed by atoms with van der Waals surface area (Å²) in [6.07, 6.45) is 0. The highest BCUT2D eigenvalue weighted by molar-refractivity contribution is 7.26. The standard InChI is InChI=1S/C52H32N2S/c1-3-13-33(14-4-1)39-20-11-22-47-51(39)44-31-37(26-28-46(44)53(47)38-17-5-2-6-18-38)36-25-27-45-42(30-36)43-29-34-15-7-8-16-35(34)32-49(43)54(45)48-23-12-21-41-40-19-9-10-24-50(40)55-52(41)48/h1-32H. The third-order valence-electron chi connectivity index (χ3n) is 11.5. The zero-order valence-corrected chi connectivity index (χ0v) is 30.6. The second kappa shape index (κ2) is 11.8. The lowest BCUT2D eigenvalue weighted by atomic mass is 9.97. The van der Waals surface area contributed by atoms with Gasteiger partial charge in [0.1, 0.15) is 0 Å². The summed E-state index contributed by atoms with van der Waals surface area (Å²) < 4.78 is 7.55. The highest BCUT2D eigenvalue weighted by Crippen LogP contribution is 2.44. The van der Waals surface area contributed by atoms with Crippen LogP contribution in [0.4, 0.5) is 0 Å². The Bertz CT molecular complexity index is 3470. The number of nitrogens with zero attached hydrogens (tertiary/aromatic N) is 2. The summed E-state index contributed by atoms with van der Waals surface area (Å²) in [4.78, 5) is 0. The van der Waals surface area contributed by atoms with E-state index in [1.165, 1.54) is 102 Å². The summed E-state index contributed by atoms with van der Waals surface area (Å²) in [5, 5.41) is 10.2. The van der Waals surface area contributed by atoms with E-state index in [9.17, 15) is 0 Å². The molecule has 0 unspecified atom stereocenters. The Hall–Kier alpha value is -6.94. The van der Waals surface area contributed by atoms with Gasteiger partial charge in [-0.3, -0.25) is 0 Å². The Balaban J connectivity index is 1.13. The smallest absolute Gasteiger partial charge is 0.0640 e. The number of aromatic nitrogens is 2. The van der Waals surface area contributed by atoms with E-state index in [1.807, 2.05) is 11.3 Å². The van der Waals surface area contributed by atoms with Crippen molar-refractivity contribution >= 4 is 85.9 Å². The summed E-state index contributed by atoms with van der Waals surface area (Å²) in [5.41, 5.74) is 12.1. The lowest BCUT2D eigenvalue weighted by molar-refractivity contribution is 1.18. The number of fused-ring (bicyclic) bond motifs is 10. The second-order valence-corrected chi connectivity index (χ2v) is 15.6. The largest absolute Gasteiger partial charge is 0.309 e. The van der Waals surface area contributed by atoms with Gasteiger partial charge in [0, 0.05) is 42.7 Å². The van der Waals surface area contributed by atoms with E-state index >= 15 is 0 Å². The fourth-order valence-corrected chi connectivity index (χ4v) is 10.2. The molecule has 256 valence electrons.